The lowest BCUT2D eigenvalue weighted by molar-refractivity contribution is -0.123. The van der Waals surface area contributed by atoms with Crippen molar-refractivity contribution in [1.29, 1.82) is 5.26 Å². The third kappa shape index (κ3) is 5.96. The maximum atomic E-state index is 12.8. The number of hydrogen-bond donors (Lipinski definition) is 1. The SMILES string of the molecule is Cc1ccc(NC(=O)COc2ccc(/C=C3/SC(=O)N(Cc4ccccc4C#N)C3=O)cc2)cc1. The monoisotopic (exact) mass is 483 g/mol. The molecular formula is C27H21N3O4S. The molecule has 0 saturated carbocycles. The number of thioether (sulfide) groups is 1. The average Bonchev–Trinajstić information content (AvgIpc) is 3.12. The van der Waals surface area contributed by atoms with Crippen LogP contribution in [0.15, 0.2) is 77.7 Å². The summed E-state index contributed by atoms with van der Waals surface area (Å²) >= 11 is 0.861. The van der Waals surface area contributed by atoms with Crippen LogP contribution < -0.4 is 10.1 Å². The van der Waals surface area contributed by atoms with E-state index in [1.165, 1.54) is 0 Å². The van der Waals surface area contributed by atoms with E-state index in [4.69, 9.17) is 4.74 Å². The first-order valence-corrected chi connectivity index (χ1v) is 11.6. The van der Waals surface area contributed by atoms with Crippen molar-refractivity contribution in [2.75, 3.05) is 11.9 Å². The van der Waals surface area contributed by atoms with Crippen LogP contribution in [0, 0.1) is 18.3 Å². The summed E-state index contributed by atoms with van der Waals surface area (Å²) in [5.74, 6) is -0.173. The van der Waals surface area contributed by atoms with Gasteiger partial charge in [0.05, 0.1) is 23.1 Å². The van der Waals surface area contributed by atoms with E-state index in [9.17, 15) is 19.6 Å². The third-order valence-electron chi connectivity index (χ3n) is 5.22. The van der Waals surface area contributed by atoms with Gasteiger partial charge in [0.1, 0.15) is 5.75 Å². The predicted molar refractivity (Wildman–Crippen MR) is 134 cm³/mol. The number of nitriles is 1. The fourth-order valence-corrected chi connectivity index (χ4v) is 4.21. The van der Waals surface area contributed by atoms with Gasteiger partial charge in [0.2, 0.25) is 0 Å². The maximum absolute atomic E-state index is 12.8. The van der Waals surface area contributed by atoms with Crippen molar-refractivity contribution in [3.05, 3.63) is 100.0 Å². The fraction of sp³-hybridized carbons (Fsp3) is 0.111. The molecule has 4 rings (SSSR count). The first-order valence-electron chi connectivity index (χ1n) is 10.8. The molecule has 0 atom stereocenters. The number of carbonyl (C=O) groups is 3. The number of ether oxygens (including phenoxy) is 1. The first-order chi connectivity index (χ1) is 16.9. The number of aryl methyl sites for hydroxylation is 1. The molecule has 0 aliphatic carbocycles. The Morgan fingerprint density at radius 1 is 1.06 bits per heavy atom. The summed E-state index contributed by atoms with van der Waals surface area (Å²) in [4.78, 5) is 38.8. The molecule has 7 nitrogen and oxygen atoms in total. The van der Waals surface area contributed by atoms with Gasteiger partial charge in [0.25, 0.3) is 17.1 Å². The largest absolute Gasteiger partial charge is 0.484 e. The van der Waals surface area contributed by atoms with Crippen molar-refractivity contribution in [2.45, 2.75) is 13.5 Å². The summed E-state index contributed by atoms with van der Waals surface area (Å²) in [5.41, 5.74) is 3.56. The molecule has 35 heavy (non-hydrogen) atoms. The van der Waals surface area contributed by atoms with E-state index in [1.807, 2.05) is 31.2 Å². The third-order valence-corrected chi connectivity index (χ3v) is 6.13. The number of nitrogens with one attached hydrogen (secondary N) is 1. The van der Waals surface area contributed by atoms with E-state index in [1.54, 1.807) is 54.6 Å². The topological polar surface area (TPSA) is 99.5 Å². The molecule has 1 aliphatic rings. The van der Waals surface area contributed by atoms with Crippen LogP contribution in [0.3, 0.4) is 0 Å². The highest BCUT2D eigenvalue weighted by Gasteiger charge is 2.35. The van der Waals surface area contributed by atoms with E-state index < -0.39 is 5.91 Å². The molecule has 0 bridgehead atoms. The first kappa shape index (κ1) is 23.8. The van der Waals surface area contributed by atoms with Crippen LogP contribution in [0.5, 0.6) is 5.75 Å². The molecule has 174 valence electrons. The molecule has 1 saturated heterocycles. The van der Waals surface area contributed by atoms with E-state index >= 15 is 0 Å². The molecule has 1 aliphatic heterocycles. The molecular weight excluding hydrogens is 462 g/mol. The highest BCUT2D eigenvalue weighted by atomic mass is 32.2. The zero-order valence-corrected chi connectivity index (χ0v) is 19.7. The van der Waals surface area contributed by atoms with Gasteiger partial charge in [-0.15, -0.1) is 0 Å². The Morgan fingerprint density at radius 3 is 2.49 bits per heavy atom. The van der Waals surface area contributed by atoms with Crippen molar-refractivity contribution >= 4 is 40.6 Å². The second kappa shape index (κ2) is 10.7. The predicted octanol–water partition coefficient (Wildman–Crippen LogP) is 5.12. The van der Waals surface area contributed by atoms with Gasteiger partial charge in [-0.3, -0.25) is 19.3 Å². The second-order valence-corrected chi connectivity index (χ2v) is 8.80. The average molecular weight is 484 g/mol. The Hall–Kier alpha value is -4.35. The minimum atomic E-state index is -0.402. The highest BCUT2D eigenvalue weighted by molar-refractivity contribution is 8.18. The molecule has 0 unspecified atom stereocenters. The summed E-state index contributed by atoms with van der Waals surface area (Å²) in [6.07, 6.45) is 1.63. The van der Waals surface area contributed by atoms with Crippen molar-refractivity contribution in [3.8, 4) is 11.8 Å². The lowest BCUT2D eigenvalue weighted by Gasteiger charge is -2.13. The van der Waals surface area contributed by atoms with Crippen LogP contribution in [0.1, 0.15) is 22.3 Å². The van der Waals surface area contributed by atoms with Crippen molar-refractivity contribution in [2.24, 2.45) is 0 Å². The molecule has 1 fully saturated rings. The van der Waals surface area contributed by atoms with Gasteiger partial charge in [-0.2, -0.15) is 5.26 Å². The van der Waals surface area contributed by atoms with Gasteiger partial charge >= 0.3 is 0 Å². The van der Waals surface area contributed by atoms with Crippen molar-refractivity contribution in [1.82, 2.24) is 4.90 Å². The molecule has 0 spiro atoms. The summed E-state index contributed by atoms with van der Waals surface area (Å²) in [6, 6.07) is 23.3. The van der Waals surface area contributed by atoms with Crippen LogP contribution in [0.4, 0.5) is 10.5 Å². The number of amides is 3. The lowest BCUT2D eigenvalue weighted by atomic mass is 10.1. The van der Waals surface area contributed by atoms with Crippen LogP contribution >= 0.6 is 11.8 Å². The Labute approximate surface area is 207 Å². The van der Waals surface area contributed by atoms with E-state index in [0.717, 1.165) is 22.2 Å². The molecule has 1 N–H and O–H groups in total. The zero-order chi connectivity index (χ0) is 24.8. The van der Waals surface area contributed by atoms with Gasteiger partial charge in [0, 0.05) is 5.69 Å². The Balaban J connectivity index is 1.35. The summed E-state index contributed by atoms with van der Waals surface area (Å²) in [5, 5.41) is 11.6. The number of imide groups is 1. The van der Waals surface area contributed by atoms with Crippen molar-refractivity contribution < 1.29 is 19.1 Å². The smallest absolute Gasteiger partial charge is 0.293 e. The quantitative estimate of drug-likeness (QED) is 0.468. The molecule has 3 amide bonds. The molecule has 3 aromatic carbocycles. The molecule has 0 aromatic heterocycles. The van der Waals surface area contributed by atoms with Gasteiger partial charge in [-0.05, 0) is 66.2 Å². The maximum Gasteiger partial charge on any atom is 0.293 e. The standard InChI is InChI=1S/C27H21N3O4S/c1-18-6-10-22(11-7-18)29-25(31)17-34-23-12-8-19(9-13-23)14-24-26(32)30(27(33)35-24)16-21-5-3-2-4-20(21)15-28/h2-14H,16-17H2,1H3,(H,29,31)/b24-14+. The number of nitrogens with zero attached hydrogens (tertiary/aromatic N) is 2. The number of benzene rings is 3. The van der Waals surface area contributed by atoms with Crippen LogP contribution in [-0.2, 0) is 16.1 Å². The van der Waals surface area contributed by atoms with Crippen LogP contribution in [-0.4, -0.2) is 28.6 Å². The van der Waals surface area contributed by atoms with E-state index in [-0.39, 0.29) is 24.3 Å². The number of rotatable bonds is 7. The Morgan fingerprint density at radius 2 is 1.77 bits per heavy atom. The molecule has 1 heterocycles. The summed E-state index contributed by atoms with van der Waals surface area (Å²) in [7, 11) is 0. The number of hydrogen-bond acceptors (Lipinski definition) is 6. The van der Waals surface area contributed by atoms with Gasteiger partial charge < -0.3 is 10.1 Å². The zero-order valence-electron chi connectivity index (χ0n) is 18.9. The van der Waals surface area contributed by atoms with Gasteiger partial charge in [-0.25, -0.2) is 0 Å². The normalized spacial score (nSPS) is 14.2. The molecule has 3 aromatic rings. The highest BCUT2D eigenvalue weighted by Crippen LogP contribution is 2.33. The van der Waals surface area contributed by atoms with E-state index in [0.29, 0.717) is 33.0 Å². The van der Waals surface area contributed by atoms with Gasteiger partial charge in [0.15, 0.2) is 6.61 Å². The van der Waals surface area contributed by atoms with Crippen LogP contribution in [0.2, 0.25) is 0 Å². The Bertz CT molecular complexity index is 1340. The summed E-state index contributed by atoms with van der Waals surface area (Å²) < 4.78 is 5.54. The minimum absolute atomic E-state index is 0.0448. The Kier molecular flexibility index (Phi) is 7.29. The van der Waals surface area contributed by atoms with Crippen molar-refractivity contribution in [3.63, 3.8) is 0 Å². The second-order valence-electron chi connectivity index (χ2n) is 7.81. The van der Waals surface area contributed by atoms with Gasteiger partial charge in [-0.1, -0.05) is 48.0 Å². The van der Waals surface area contributed by atoms with Crippen LogP contribution in [0.25, 0.3) is 6.08 Å². The van der Waals surface area contributed by atoms with E-state index in [2.05, 4.69) is 11.4 Å². The molecule has 0 radical (unpaired) electrons. The number of anilines is 1. The minimum Gasteiger partial charge on any atom is -0.484 e. The summed E-state index contributed by atoms with van der Waals surface area (Å²) in [6.45, 7) is 1.87. The fourth-order valence-electron chi connectivity index (χ4n) is 3.37. The number of carbonyl (C=O) groups excluding carboxylic acids is 3. The molecule has 8 heteroatoms. The lowest BCUT2D eigenvalue weighted by Crippen LogP contribution is -2.27.